The first kappa shape index (κ1) is 16.3. The lowest BCUT2D eigenvalue weighted by molar-refractivity contribution is -0.121. The lowest BCUT2D eigenvalue weighted by Crippen LogP contribution is -2.30. The average molecular weight is 301 g/mol. The molecular formula is C13H16FNO4S. The number of hydrogen-bond acceptors (Lipinski definition) is 3. The van der Waals surface area contributed by atoms with Gasteiger partial charge in [0.2, 0.25) is 5.91 Å². The molecule has 0 radical (unpaired) electrons. The number of hydrogen-bond donors (Lipinski definition) is 2. The van der Waals surface area contributed by atoms with Crippen LogP contribution < -0.4 is 5.32 Å². The van der Waals surface area contributed by atoms with Crippen LogP contribution in [0.3, 0.4) is 0 Å². The van der Waals surface area contributed by atoms with Crippen molar-refractivity contribution in [1.29, 1.82) is 0 Å². The number of rotatable bonds is 6. The summed E-state index contributed by atoms with van der Waals surface area (Å²) in [5.41, 5.74) is -0.525. The van der Waals surface area contributed by atoms with Gasteiger partial charge in [0.05, 0.1) is 16.4 Å². The third-order valence-corrected chi connectivity index (χ3v) is 3.75. The first-order valence-electron chi connectivity index (χ1n) is 6.02. The van der Waals surface area contributed by atoms with E-state index in [9.17, 15) is 18.2 Å². The second-order valence-corrected chi connectivity index (χ2v) is 6.04. The van der Waals surface area contributed by atoms with E-state index in [-0.39, 0.29) is 29.0 Å². The lowest BCUT2D eigenvalue weighted by atomic mass is 10.2. The van der Waals surface area contributed by atoms with Crippen molar-refractivity contribution in [2.75, 3.05) is 5.75 Å². The molecule has 110 valence electrons. The topological polar surface area (TPSA) is 83.5 Å². The van der Waals surface area contributed by atoms with Crippen molar-refractivity contribution in [1.82, 2.24) is 5.32 Å². The fourth-order valence-electron chi connectivity index (χ4n) is 1.51. The Bertz CT molecular complexity index is 545. The zero-order valence-corrected chi connectivity index (χ0v) is 12.0. The highest BCUT2D eigenvalue weighted by Crippen LogP contribution is 2.14. The van der Waals surface area contributed by atoms with Crippen molar-refractivity contribution in [3.63, 3.8) is 0 Å². The summed E-state index contributed by atoms with van der Waals surface area (Å²) in [5.74, 6) is -2.47. The molecular weight excluding hydrogens is 285 g/mol. The molecule has 1 amide bonds. The molecule has 0 aromatic heterocycles. The molecule has 0 saturated carbocycles. The van der Waals surface area contributed by atoms with Gasteiger partial charge in [-0.2, -0.15) is 0 Å². The van der Waals surface area contributed by atoms with Crippen LogP contribution in [0.1, 0.15) is 30.6 Å². The standard InChI is InChI=1S/C13H16FNO4S/c1-8(2)15-12(16)5-6-20(19)9-3-4-11(14)10(7-9)13(17)18/h3-4,7-8H,5-6H2,1-2H3,(H,15,16)(H,17,18). The highest BCUT2D eigenvalue weighted by Gasteiger charge is 2.14. The third kappa shape index (κ3) is 4.73. The molecule has 0 bridgehead atoms. The molecule has 1 rings (SSSR count). The molecule has 2 N–H and O–H groups in total. The Morgan fingerprint density at radius 2 is 2.05 bits per heavy atom. The molecule has 20 heavy (non-hydrogen) atoms. The van der Waals surface area contributed by atoms with Crippen LogP contribution in [0.25, 0.3) is 0 Å². The zero-order chi connectivity index (χ0) is 15.3. The predicted molar refractivity (Wildman–Crippen MR) is 72.5 cm³/mol. The Labute approximate surface area is 118 Å². The van der Waals surface area contributed by atoms with E-state index >= 15 is 0 Å². The van der Waals surface area contributed by atoms with Crippen molar-refractivity contribution in [2.24, 2.45) is 0 Å². The number of halogens is 1. The van der Waals surface area contributed by atoms with Crippen molar-refractivity contribution < 1.29 is 23.3 Å². The van der Waals surface area contributed by atoms with Gasteiger partial charge in [-0.1, -0.05) is 0 Å². The number of carbonyl (C=O) groups excluding carboxylic acids is 1. The zero-order valence-electron chi connectivity index (χ0n) is 11.2. The molecule has 0 saturated heterocycles. The molecule has 1 aromatic carbocycles. The van der Waals surface area contributed by atoms with Crippen LogP contribution in [0.2, 0.25) is 0 Å². The number of nitrogens with one attached hydrogen (secondary N) is 1. The number of benzene rings is 1. The SMILES string of the molecule is CC(C)NC(=O)CCS(=O)c1ccc(F)c(C(=O)O)c1. The summed E-state index contributed by atoms with van der Waals surface area (Å²) < 4.78 is 25.1. The molecule has 1 atom stereocenters. The summed E-state index contributed by atoms with van der Waals surface area (Å²) >= 11 is 0. The number of aromatic carboxylic acids is 1. The van der Waals surface area contributed by atoms with Crippen LogP contribution in [0.4, 0.5) is 4.39 Å². The molecule has 0 fully saturated rings. The van der Waals surface area contributed by atoms with Gasteiger partial charge in [-0.05, 0) is 32.0 Å². The fourth-order valence-corrected chi connectivity index (χ4v) is 2.58. The van der Waals surface area contributed by atoms with Gasteiger partial charge >= 0.3 is 5.97 Å². The summed E-state index contributed by atoms with van der Waals surface area (Å²) in [4.78, 5) is 22.4. The minimum atomic E-state index is -1.54. The number of carbonyl (C=O) groups is 2. The van der Waals surface area contributed by atoms with Gasteiger partial charge in [-0.3, -0.25) is 9.00 Å². The van der Waals surface area contributed by atoms with Gasteiger partial charge in [-0.25, -0.2) is 9.18 Å². The summed E-state index contributed by atoms with van der Waals surface area (Å²) in [6, 6.07) is 3.26. The van der Waals surface area contributed by atoms with Crippen LogP contribution in [-0.2, 0) is 15.6 Å². The summed E-state index contributed by atoms with van der Waals surface area (Å²) in [5, 5.41) is 11.4. The minimum Gasteiger partial charge on any atom is -0.478 e. The normalized spacial score (nSPS) is 12.2. The quantitative estimate of drug-likeness (QED) is 0.835. The van der Waals surface area contributed by atoms with Crippen LogP contribution in [0.5, 0.6) is 0 Å². The highest BCUT2D eigenvalue weighted by atomic mass is 32.2. The van der Waals surface area contributed by atoms with E-state index in [0.717, 1.165) is 12.1 Å². The Kier molecular flexibility index (Phi) is 5.82. The molecule has 0 aliphatic heterocycles. The maximum Gasteiger partial charge on any atom is 0.338 e. The number of carboxylic acid groups (broad SMARTS) is 1. The van der Waals surface area contributed by atoms with Gasteiger partial charge in [0.15, 0.2) is 0 Å². The van der Waals surface area contributed by atoms with Crippen LogP contribution in [0, 0.1) is 5.82 Å². The van der Waals surface area contributed by atoms with Crippen molar-refractivity contribution >= 4 is 22.7 Å². The van der Waals surface area contributed by atoms with Crippen LogP contribution >= 0.6 is 0 Å². The Morgan fingerprint density at radius 1 is 1.40 bits per heavy atom. The van der Waals surface area contributed by atoms with Gasteiger partial charge in [0.25, 0.3) is 0 Å². The molecule has 0 aliphatic rings. The van der Waals surface area contributed by atoms with E-state index in [4.69, 9.17) is 5.11 Å². The fraction of sp³-hybridized carbons (Fsp3) is 0.385. The predicted octanol–water partition coefficient (Wildman–Crippen LogP) is 1.55. The second kappa shape index (κ2) is 7.14. The van der Waals surface area contributed by atoms with Gasteiger partial charge in [0.1, 0.15) is 5.82 Å². The summed E-state index contributed by atoms with van der Waals surface area (Å²) in [7, 11) is -1.54. The average Bonchev–Trinajstić information content (AvgIpc) is 2.35. The molecule has 1 aromatic rings. The smallest absolute Gasteiger partial charge is 0.338 e. The van der Waals surface area contributed by atoms with Crippen molar-refractivity contribution in [2.45, 2.75) is 31.2 Å². The van der Waals surface area contributed by atoms with Crippen molar-refractivity contribution in [3.05, 3.63) is 29.6 Å². The third-order valence-electron chi connectivity index (χ3n) is 2.40. The molecule has 1 unspecified atom stereocenters. The van der Waals surface area contributed by atoms with E-state index in [0.29, 0.717) is 0 Å². The molecule has 0 spiro atoms. The molecule has 0 aliphatic carbocycles. The maximum absolute atomic E-state index is 13.2. The van der Waals surface area contributed by atoms with E-state index < -0.39 is 28.1 Å². The first-order valence-corrected chi connectivity index (χ1v) is 7.33. The van der Waals surface area contributed by atoms with Gasteiger partial charge < -0.3 is 10.4 Å². The van der Waals surface area contributed by atoms with Gasteiger partial charge in [0, 0.05) is 23.1 Å². The Hall–Kier alpha value is -1.76. The molecule has 7 heteroatoms. The minimum absolute atomic E-state index is 0.000342. The summed E-state index contributed by atoms with van der Waals surface area (Å²) in [6.07, 6.45) is 0.0601. The van der Waals surface area contributed by atoms with Crippen LogP contribution in [0.15, 0.2) is 23.1 Å². The highest BCUT2D eigenvalue weighted by molar-refractivity contribution is 7.85. The van der Waals surface area contributed by atoms with Crippen molar-refractivity contribution in [3.8, 4) is 0 Å². The molecule has 5 nitrogen and oxygen atoms in total. The van der Waals surface area contributed by atoms with E-state index in [1.807, 2.05) is 13.8 Å². The van der Waals surface area contributed by atoms with E-state index in [2.05, 4.69) is 5.32 Å². The van der Waals surface area contributed by atoms with E-state index in [1.54, 1.807) is 0 Å². The maximum atomic E-state index is 13.2. The first-order chi connectivity index (χ1) is 9.31. The monoisotopic (exact) mass is 301 g/mol. The second-order valence-electron chi connectivity index (χ2n) is 4.47. The Morgan fingerprint density at radius 3 is 2.60 bits per heavy atom. The van der Waals surface area contributed by atoms with Gasteiger partial charge in [-0.15, -0.1) is 0 Å². The largest absolute Gasteiger partial charge is 0.478 e. The van der Waals surface area contributed by atoms with E-state index in [1.165, 1.54) is 6.07 Å². The number of amides is 1. The molecule has 0 heterocycles. The van der Waals surface area contributed by atoms with Crippen LogP contribution in [-0.4, -0.2) is 33.0 Å². The number of carboxylic acids is 1. The lowest BCUT2D eigenvalue weighted by Gasteiger charge is -2.08. The summed E-state index contributed by atoms with van der Waals surface area (Å²) in [6.45, 7) is 3.63. The Balaban J connectivity index is 2.71.